The van der Waals surface area contributed by atoms with Crippen molar-refractivity contribution < 1.29 is 36.6 Å². The number of carbonyl (C=O) groups excluding carboxylic acids is 2. The van der Waals surface area contributed by atoms with Crippen LogP contribution in [0.2, 0.25) is 0 Å². The summed E-state index contributed by atoms with van der Waals surface area (Å²) in [5.74, 6) is -2.63. The maximum atomic E-state index is 14.2. The Kier molecular flexibility index (Phi) is 7.78. The topological polar surface area (TPSA) is 76.7 Å². The van der Waals surface area contributed by atoms with Crippen molar-refractivity contribution in [3.8, 4) is 17.2 Å². The molecule has 0 aromatic heterocycles. The zero-order chi connectivity index (χ0) is 23.0. The fourth-order valence-corrected chi connectivity index (χ4v) is 2.42. The predicted molar refractivity (Wildman–Crippen MR) is 104 cm³/mol. The molecule has 0 saturated heterocycles. The Hall–Kier alpha value is -3.82. The Bertz CT molecular complexity index is 1020. The van der Waals surface area contributed by atoms with Crippen molar-refractivity contribution in [3.05, 3.63) is 77.4 Å². The Labute approximate surface area is 175 Å². The summed E-state index contributed by atoms with van der Waals surface area (Å²) < 4.78 is 64.2. The zero-order valence-corrected chi connectivity index (χ0v) is 16.4. The van der Waals surface area contributed by atoms with Gasteiger partial charge in [0, 0.05) is 18.8 Å². The van der Waals surface area contributed by atoms with Crippen LogP contribution in [0.4, 0.5) is 17.6 Å². The summed E-state index contributed by atoms with van der Waals surface area (Å²) in [4.78, 5) is 23.5. The SMILES string of the molecule is CN/C=C\C(=C/C=O)NC(=O)c1cc(C(F)(F)F)ccc1Oc1c(F)cccc1OC. The van der Waals surface area contributed by atoms with Crippen LogP contribution < -0.4 is 20.1 Å². The number of benzene rings is 2. The molecule has 0 unspecified atom stereocenters. The molecule has 2 N–H and O–H groups in total. The third kappa shape index (κ3) is 6.08. The quantitative estimate of drug-likeness (QED) is 0.280. The van der Waals surface area contributed by atoms with E-state index in [0.717, 1.165) is 18.2 Å². The zero-order valence-electron chi connectivity index (χ0n) is 16.4. The summed E-state index contributed by atoms with van der Waals surface area (Å²) >= 11 is 0. The number of rotatable bonds is 8. The Morgan fingerprint density at radius 3 is 2.48 bits per heavy atom. The summed E-state index contributed by atoms with van der Waals surface area (Å²) in [6.45, 7) is 0. The largest absolute Gasteiger partial charge is 0.493 e. The van der Waals surface area contributed by atoms with Crippen molar-refractivity contribution in [3.63, 3.8) is 0 Å². The van der Waals surface area contributed by atoms with Crippen LogP contribution in [0.1, 0.15) is 15.9 Å². The number of aldehydes is 1. The molecular weight excluding hydrogens is 420 g/mol. The number of hydrogen-bond acceptors (Lipinski definition) is 5. The maximum Gasteiger partial charge on any atom is 0.416 e. The Balaban J connectivity index is 2.53. The average Bonchev–Trinajstić information content (AvgIpc) is 2.72. The number of amides is 1. The molecule has 2 aromatic rings. The van der Waals surface area contributed by atoms with Gasteiger partial charge in [0.1, 0.15) is 12.0 Å². The molecule has 2 rings (SSSR count). The van der Waals surface area contributed by atoms with E-state index in [0.29, 0.717) is 18.4 Å². The fourth-order valence-electron chi connectivity index (χ4n) is 2.42. The highest BCUT2D eigenvalue weighted by Gasteiger charge is 2.32. The highest BCUT2D eigenvalue weighted by atomic mass is 19.4. The van der Waals surface area contributed by atoms with Gasteiger partial charge < -0.3 is 20.1 Å². The van der Waals surface area contributed by atoms with E-state index in [1.54, 1.807) is 7.05 Å². The summed E-state index contributed by atoms with van der Waals surface area (Å²) in [6.07, 6.45) is -0.635. The first-order valence-corrected chi connectivity index (χ1v) is 8.73. The van der Waals surface area contributed by atoms with E-state index in [2.05, 4.69) is 10.6 Å². The van der Waals surface area contributed by atoms with E-state index < -0.39 is 34.8 Å². The number of ether oxygens (including phenoxy) is 2. The lowest BCUT2D eigenvalue weighted by molar-refractivity contribution is -0.137. The number of alkyl halides is 3. The predicted octanol–water partition coefficient (Wildman–Crippen LogP) is 4.19. The first-order valence-electron chi connectivity index (χ1n) is 8.73. The minimum atomic E-state index is -4.74. The lowest BCUT2D eigenvalue weighted by Crippen LogP contribution is -2.23. The van der Waals surface area contributed by atoms with Crippen LogP contribution in [-0.2, 0) is 11.0 Å². The Morgan fingerprint density at radius 2 is 1.87 bits per heavy atom. The monoisotopic (exact) mass is 438 g/mol. The van der Waals surface area contributed by atoms with Crippen molar-refractivity contribution in [2.75, 3.05) is 14.2 Å². The minimum Gasteiger partial charge on any atom is -0.493 e. The van der Waals surface area contributed by atoms with Gasteiger partial charge >= 0.3 is 6.18 Å². The number of hydrogen-bond donors (Lipinski definition) is 2. The van der Waals surface area contributed by atoms with E-state index in [1.165, 1.54) is 31.5 Å². The van der Waals surface area contributed by atoms with Crippen molar-refractivity contribution in [1.82, 2.24) is 10.6 Å². The lowest BCUT2D eigenvalue weighted by Gasteiger charge is -2.16. The molecule has 31 heavy (non-hydrogen) atoms. The van der Waals surface area contributed by atoms with E-state index in [1.807, 2.05) is 0 Å². The van der Waals surface area contributed by atoms with Gasteiger partial charge in [-0.2, -0.15) is 13.2 Å². The molecule has 0 aliphatic carbocycles. The highest BCUT2D eigenvalue weighted by Crippen LogP contribution is 2.38. The second kappa shape index (κ2) is 10.3. The van der Waals surface area contributed by atoms with Crippen LogP contribution in [0.5, 0.6) is 17.2 Å². The number of carbonyl (C=O) groups is 2. The third-order valence-electron chi connectivity index (χ3n) is 3.85. The standard InChI is InChI=1S/C21H18F4N2O4/c1-26-10-8-14(9-11-28)27-20(29)15-12-13(21(23,24)25)6-7-17(15)31-19-16(22)4-3-5-18(19)30-2/h3-12,26H,1-2H3,(H,27,29)/b10-8-,14-9+. The number of methoxy groups -OCH3 is 1. The van der Waals surface area contributed by atoms with Gasteiger partial charge in [0.05, 0.1) is 18.2 Å². The lowest BCUT2D eigenvalue weighted by atomic mass is 10.1. The van der Waals surface area contributed by atoms with Crippen LogP contribution in [-0.4, -0.2) is 26.4 Å². The number of para-hydroxylation sites is 1. The maximum absolute atomic E-state index is 14.2. The molecule has 0 aliphatic heterocycles. The molecule has 0 aliphatic rings. The fraction of sp³-hybridized carbons (Fsp3) is 0.143. The second-order valence-electron chi connectivity index (χ2n) is 5.92. The molecule has 0 atom stereocenters. The number of nitrogens with one attached hydrogen (secondary N) is 2. The summed E-state index contributed by atoms with van der Waals surface area (Å²) in [5, 5.41) is 4.95. The first kappa shape index (κ1) is 23.5. The summed E-state index contributed by atoms with van der Waals surface area (Å²) in [5.41, 5.74) is -1.65. The van der Waals surface area contributed by atoms with E-state index >= 15 is 0 Å². The summed E-state index contributed by atoms with van der Waals surface area (Å²) in [6, 6.07) is 5.97. The number of halogens is 4. The van der Waals surface area contributed by atoms with Crippen molar-refractivity contribution in [1.29, 1.82) is 0 Å². The molecule has 0 saturated carbocycles. The van der Waals surface area contributed by atoms with Crippen molar-refractivity contribution >= 4 is 12.2 Å². The van der Waals surface area contributed by atoms with Crippen LogP contribution in [0.25, 0.3) is 0 Å². The molecule has 1 amide bonds. The summed E-state index contributed by atoms with van der Waals surface area (Å²) in [7, 11) is 2.82. The van der Waals surface area contributed by atoms with Crippen LogP contribution in [0.3, 0.4) is 0 Å². The Morgan fingerprint density at radius 1 is 1.13 bits per heavy atom. The first-order chi connectivity index (χ1) is 14.7. The van der Waals surface area contributed by atoms with Gasteiger partial charge in [-0.3, -0.25) is 9.59 Å². The van der Waals surface area contributed by atoms with Gasteiger partial charge in [0.25, 0.3) is 5.91 Å². The van der Waals surface area contributed by atoms with E-state index in [-0.39, 0.29) is 17.2 Å². The molecule has 0 fully saturated rings. The van der Waals surface area contributed by atoms with Crippen LogP contribution in [0, 0.1) is 5.82 Å². The number of allylic oxidation sites excluding steroid dienone is 2. The molecule has 10 heteroatoms. The molecule has 0 spiro atoms. The smallest absolute Gasteiger partial charge is 0.416 e. The molecule has 0 bridgehead atoms. The molecule has 164 valence electrons. The van der Waals surface area contributed by atoms with Gasteiger partial charge in [-0.25, -0.2) is 4.39 Å². The molecular formula is C21H18F4N2O4. The van der Waals surface area contributed by atoms with Crippen molar-refractivity contribution in [2.45, 2.75) is 6.18 Å². The highest BCUT2D eigenvalue weighted by molar-refractivity contribution is 5.98. The molecule has 0 heterocycles. The minimum absolute atomic E-state index is 0.00110. The normalized spacial score (nSPS) is 11.9. The molecule has 0 radical (unpaired) electrons. The van der Waals surface area contributed by atoms with E-state index in [4.69, 9.17) is 9.47 Å². The van der Waals surface area contributed by atoms with E-state index in [9.17, 15) is 27.2 Å². The van der Waals surface area contributed by atoms with Gasteiger partial charge in [0.2, 0.25) is 5.75 Å². The van der Waals surface area contributed by atoms with Gasteiger partial charge in [-0.1, -0.05) is 6.07 Å². The van der Waals surface area contributed by atoms with Crippen LogP contribution >= 0.6 is 0 Å². The average molecular weight is 438 g/mol. The van der Waals surface area contributed by atoms with Crippen molar-refractivity contribution in [2.24, 2.45) is 0 Å². The third-order valence-corrected chi connectivity index (χ3v) is 3.85. The molecule has 2 aromatic carbocycles. The van der Waals surface area contributed by atoms with Crippen LogP contribution in [0.15, 0.2) is 60.4 Å². The molecule has 6 nitrogen and oxygen atoms in total. The van der Waals surface area contributed by atoms with Gasteiger partial charge in [-0.05, 0) is 42.6 Å². The second-order valence-corrected chi connectivity index (χ2v) is 5.92. The van der Waals surface area contributed by atoms with Gasteiger partial charge in [0.15, 0.2) is 11.6 Å². The van der Waals surface area contributed by atoms with Gasteiger partial charge in [-0.15, -0.1) is 0 Å².